The monoisotopic (exact) mass is 560 g/mol. The third-order valence-corrected chi connectivity index (χ3v) is 8.51. The topological polar surface area (TPSA) is 42.9 Å². The Morgan fingerprint density at radius 2 is 1.20 bits per heavy atom. The summed E-state index contributed by atoms with van der Waals surface area (Å²) in [6, 6.07) is 20.0. The van der Waals surface area contributed by atoms with E-state index in [9.17, 15) is 4.79 Å². The minimum atomic E-state index is -0.199. The molecule has 2 atom stereocenters. The van der Waals surface area contributed by atoms with Crippen LogP contribution in [0.25, 0.3) is 21.1 Å². The maximum Gasteiger partial charge on any atom is 0.151 e. The van der Waals surface area contributed by atoms with Crippen molar-refractivity contribution in [1.82, 2.24) is 9.97 Å². The highest BCUT2D eigenvalue weighted by Crippen LogP contribution is 2.38. The Labute approximate surface area is 200 Å². The fourth-order valence-electron chi connectivity index (χ4n) is 3.20. The number of carbonyl (C=O) groups is 1. The number of rotatable bonds is 8. The highest BCUT2D eigenvalue weighted by molar-refractivity contribution is 9.09. The molecule has 0 radical (unpaired) electrons. The van der Waals surface area contributed by atoms with Crippen molar-refractivity contribution in [1.29, 1.82) is 0 Å². The molecule has 0 bridgehead atoms. The molecule has 152 valence electrons. The fraction of sp³-hybridized carbons (Fsp3) is 0.174. The van der Waals surface area contributed by atoms with E-state index in [2.05, 4.69) is 66.1 Å². The lowest BCUT2D eigenvalue weighted by molar-refractivity contribution is -0.120. The largest absolute Gasteiger partial charge is 0.298 e. The smallest absolute Gasteiger partial charge is 0.151 e. The van der Waals surface area contributed by atoms with Gasteiger partial charge in [0.05, 0.1) is 33.0 Å². The van der Waals surface area contributed by atoms with Gasteiger partial charge in [-0.15, -0.1) is 22.7 Å². The second-order valence-corrected chi connectivity index (χ2v) is 10.2. The number of nitrogens with zero attached hydrogens (tertiary/aromatic N) is 2. The molecule has 0 N–H and O–H groups in total. The van der Waals surface area contributed by atoms with Gasteiger partial charge in [-0.1, -0.05) is 44.0 Å². The molecule has 7 heteroatoms. The van der Waals surface area contributed by atoms with Crippen LogP contribution in [-0.2, 0) is 4.79 Å². The van der Waals surface area contributed by atoms with E-state index in [0.29, 0.717) is 10.7 Å². The number of Topliss-reactive ketones (excluding diaryl/α,β-unsaturated/α-hetero) is 1. The summed E-state index contributed by atoms with van der Waals surface area (Å²) < 4.78 is 0. The second-order valence-electron chi connectivity index (χ2n) is 6.65. The van der Waals surface area contributed by atoms with Gasteiger partial charge in [0, 0.05) is 32.8 Å². The third-order valence-electron chi connectivity index (χ3n) is 4.77. The highest BCUT2D eigenvalue weighted by atomic mass is 79.9. The molecule has 0 aliphatic rings. The maximum absolute atomic E-state index is 13.5. The summed E-state index contributed by atoms with van der Waals surface area (Å²) in [6.07, 6.45) is 3.58. The lowest BCUT2D eigenvalue weighted by Crippen LogP contribution is -2.21. The first kappa shape index (κ1) is 21.6. The van der Waals surface area contributed by atoms with Crippen LogP contribution in [0.15, 0.2) is 73.1 Å². The van der Waals surface area contributed by atoms with E-state index in [1.807, 2.05) is 36.4 Å². The number of halogens is 2. The van der Waals surface area contributed by atoms with Gasteiger partial charge in [0.25, 0.3) is 0 Å². The number of carbonyl (C=O) groups excluding carboxylic acids is 1. The minimum absolute atomic E-state index is 0.199. The van der Waals surface area contributed by atoms with Gasteiger partial charge in [0.1, 0.15) is 0 Å². The number of ketones is 1. The van der Waals surface area contributed by atoms with Gasteiger partial charge in [0.15, 0.2) is 5.78 Å². The van der Waals surface area contributed by atoms with Crippen LogP contribution in [-0.4, -0.2) is 26.4 Å². The normalized spacial score (nSPS) is 13.1. The van der Waals surface area contributed by atoms with Crippen LogP contribution in [0.1, 0.15) is 21.6 Å². The van der Waals surface area contributed by atoms with Gasteiger partial charge in [-0.3, -0.25) is 14.8 Å². The van der Waals surface area contributed by atoms with Gasteiger partial charge in [-0.05, 0) is 48.5 Å². The Balaban J connectivity index is 1.58. The van der Waals surface area contributed by atoms with Crippen molar-refractivity contribution in [3.63, 3.8) is 0 Å². The van der Waals surface area contributed by atoms with Crippen molar-refractivity contribution >= 4 is 60.3 Å². The number of hydrogen-bond donors (Lipinski definition) is 0. The van der Waals surface area contributed by atoms with Gasteiger partial charge in [-0.25, -0.2) is 0 Å². The molecule has 4 rings (SSSR count). The van der Waals surface area contributed by atoms with E-state index in [1.165, 1.54) is 0 Å². The average Bonchev–Trinajstić information content (AvgIpc) is 3.47. The molecular weight excluding hydrogens is 544 g/mol. The lowest BCUT2D eigenvalue weighted by atomic mass is 9.93. The molecule has 4 aromatic rings. The summed E-state index contributed by atoms with van der Waals surface area (Å²) in [5.74, 6) is -0.182. The van der Waals surface area contributed by atoms with Crippen LogP contribution >= 0.6 is 54.5 Å². The molecule has 0 saturated carbocycles. The van der Waals surface area contributed by atoms with Crippen LogP contribution < -0.4 is 0 Å². The summed E-state index contributed by atoms with van der Waals surface area (Å²) >= 11 is 10.4. The zero-order valence-corrected chi connectivity index (χ0v) is 20.7. The summed E-state index contributed by atoms with van der Waals surface area (Å²) in [6.45, 7) is 0. The number of alkyl halides is 2. The molecule has 2 unspecified atom stereocenters. The molecule has 4 aromatic heterocycles. The van der Waals surface area contributed by atoms with E-state index in [-0.39, 0.29) is 17.6 Å². The minimum Gasteiger partial charge on any atom is -0.298 e. The quantitative estimate of drug-likeness (QED) is 0.214. The molecule has 0 aliphatic heterocycles. The summed E-state index contributed by atoms with van der Waals surface area (Å²) in [4.78, 5) is 26.6. The standard InChI is InChI=1S/C23H18Br2N2OS2/c24-13-15(19-7-9-21(29-19)17-5-1-3-11-26-17)23(28)16(14-25)20-8-10-22(30-20)18-6-2-4-12-27-18/h1-12,15-16H,13-14H2. The predicted octanol–water partition coefficient (Wildman–Crippen LogP) is 7.16. The zero-order valence-electron chi connectivity index (χ0n) is 15.9. The average molecular weight is 562 g/mol. The van der Waals surface area contributed by atoms with Crippen molar-refractivity contribution in [3.8, 4) is 21.1 Å². The Morgan fingerprint density at radius 3 is 1.57 bits per heavy atom. The second kappa shape index (κ2) is 10.1. The van der Waals surface area contributed by atoms with Crippen LogP contribution in [0, 0.1) is 0 Å². The van der Waals surface area contributed by atoms with Crippen molar-refractivity contribution in [3.05, 3.63) is 82.8 Å². The van der Waals surface area contributed by atoms with Gasteiger partial charge in [0.2, 0.25) is 0 Å². The number of hydrogen-bond acceptors (Lipinski definition) is 5. The van der Waals surface area contributed by atoms with Crippen molar-refractivity contribution < 1.29 is 4.79 Å². The highest BCUT2D eigenvalue weighted by Gasteiger charge is 2.30. The molecule has 0 aromatic carbocycles. The van der Waals surface area contributed by atoms with Gasteiger partial charge < -0.3 is 0 Å². The Hall–Kier alpha value is -1.67. The van der Waals surface area contributed by atoms with Crippen LogP contribution in [0.4, 0.5) is 0 Å². The van der Waals surface area contributed by atoms with E-state index in [4.69, 9.17) is 0 Å². The Kier molecular flexibility index (Phi) is 7.25. The molecule has 0 spiro atoms. The van der Waals surface area contributed by atoms with Crippen LogP contribution in [0.5, 0.6) is 0 Å². The molecule has 0 saturated heterocycles. The number of aromatic nitrogens is 2. The van der Waals surface area contributed by atoms with Crippen LogP contribution in [0.2, 0.25) is 0 Å². The van der Waals surface area contributed by atoms with Crippen LogP contribution in [0.3, 0.4) is 0 Å². The first-order valence-corrected chi connectivity index (χ1v) is 13.3. The summed E-state index contributed by atoms with van der Waals surface area (Å²) in [7, 11) is 0. The summed E-state index contributed by atoms with van der Waals surface area (Å²) in [5.41, 5.74) is 1.87. The number of pyridine rings is 2. The van der Waals surface area contributed by atoms with E-state index >= 15 is 0 Å². The number of thiophene rings is 2. The molecule has 0 amide bonds. The maximum atomic E-state index is 13.5. The first-order chi connectivity index (χ1) is 14.7. The molecule has 0 aliphatic carbocycles. The molecule has 30 heavy (non-hydrogen) atoms. The third kappa shape index (κ3) is 4.64. The Morgan fingerprint density at radius 1 is 0.733 bits per heavy atom. The van der Waals surface area contributed by atoms with Gasteiger partial charge >= 0.3 is 0 Å². The molecule has 3 nitrogen and oxygen atoms in total. The van der Waals surface area contributed by atoms with Crippen molar-refractivity contribution in [2.24, 2.45) is 0 Å². The molecular formula is C23H18Br2N2OS2. The van der Waals surface area contributed by atoms with E-state index < -0.39 is 0 Å². The van der Waals surface area contributed by atoms with E-state index in [0.717, 1.165) is 30.9 Å². The lowest BCUT2D eigenvalue weighted by Gasteiger charge is -2.18. The fourth-order valence-corrected chi connectivity index (χ4v) is 7.15. The molecule has 4 heterocycles. The SMILES string of the molecule is O=C(C(CBr)c1ccc(-c2ccccn2)s1)C(CBr)c1ccc(-c2ccccn2)s1. The van der Waals surface area contributed by atoms with Gasteiger partial charge in [-0.2, -0.15) is 0 Å². The summed E-state index contributed by atoms with van der Waals surface area (Å²) in [5, 5.41) is 1.19. The van der Waals surface area contributed by atoms with Crippen molar-refractivity contribution in [2.75, 3.05) is 10.7 Å². The first-order valence-electron chi connectivity index (χ1n) is 9.39. The molecule has 0 fully saturated rings. The zero-order chi connectivity index (χ0) is 20.9. The predicted molar refractivity (Wildman–Crippen MR) is 133 cm³/mol. The van der Waals surface area contributed by atoms with E-state index in [1.54, 1.807) is 35.1 Å². The van der Waals surface area contributed by atoms with Crippen molar-refractivity contribution in [2.45, 2.75) is 11.8 Å². The Bertz CT molecular complexity index is 1020.